The fraction of sp³-hybridized carbons (Fsp3) is 0.200. The van der Waals surface area contributed by atoms with Crippen molar-refractivity contribution in [2.45, 2.75) is 24.8 Å². The summed E-state index contributed by atoms with van der Waals surface area (Å²) in [5, 5.41) is 14.1. The van der Waals surface area contributed by atoms with E-state index in [1.54, 1.807) is 12.1 Å². The number of nitrogens with zero attached hydrogens (tertiary/aromatic N) is 1. The predicted molar refractivity (Wildman–Crippen MR) is 129 cm³/mol. The van der Waals surface area contributed by atoms with Gasteiger partial charge in [0.25, 0.3) is 0 Å². The Morgan fingerprint density at radius 1 is 1.03 bits per heavy atom. The van der Waals surface area contributed by atoms with Crippen LogP contribution in [0.3, 0.4) is 0 Å². The number of alkyl carbamates (subject to hydrolysis) is 1. The molecule has 1 unspecified atom stereocenters. The van der Waals surface area contributed by atoms with Crippen molar-refractivity contribution in [2.75, 3.05) is 11.9 Å². The molecule has 0 saturated carbocycles. The zero-order valence-corrected chi connectivity index (χ0v) is 19.6. The number of carboxylic acids is 1. The van der Waals surface area contributed by atoms with Crippen LogP contribution in [-0.2, 0) is 14.3 Å². The Labute approximate surface area is 204 Å². The molecule has 1 atom stereocenters. The third-order valence-electron chi connectivity index (χ3n) is 5.57. The van der Waals surface area contributed by atoms with Crippen LogP contribution in [0.1, 0.15) is 29.9 Å². The molecule has 8 nitrogen and oxygen atoms in total. The van der Waals surface area contributed by atoms with Crippen LogP contribution in [0, 0.1) is 0 Å². The average molecular weight is 524 g/mol. The van der Waals surface area contributed by atoms with Crippen LogP contribution in [0.5, 0.6) is 0 Å². The van der Waals surface area contributed by atoms with Gasteiger partial charge >= 0.3 is 12.1 Å². The quantitative estimate of drug-likeness (QED) is 0.398. The van der Waals surface area contributed by atoms with Crippen LogP contribution in [0.15, 0.2) is 71.3 Å². The lowest BCUT2D eigenvalue weighted by molar-refractivity contribution is -0.137. The summed E-state index contributed by atoms with van der Waals surface area (Å²) >= 11 is 3.30. The van der Waals surface area contributed by atoms with Gasteiger partial charge in [-0.2, -0.15) is 0 Å². The van der Waals surface area contributed by atoms with Crippen molar-refractivity contribution in [3.63, 3.8) is 0 Å². The van der Waals surface area contributed by atoms with Gasteiger partial charge in [0.2, 0.25) is 5.91 Å². The number of carbonyl (C=O) groups excluding carboxylic acids is 2. The Hall–Kier alpha value is -3.72. The Balaban J connectivity index is 1.43. The third-order valence-corrected chi connectivity index (χ3v) is 6.07. The molecule has 0 aliphatic heterocycles. The number of anilines is 1. The molecule has 4 rings (SSSR count). The normalized spacial score (nSPS) is 12.9. The lowest BCUT2D eigenvalue weighted by Crippen LogP contribution is -2.44. The molecule has 0 spiro atoms. The van der Waals surface area contributed by atoms with E-state index in [1.165, 1.54) is 6.20 Å². The van der Waals surface area contributed by atoms with E-state index in [0.717, 1.165) is 22.3 Å². The van der Waals surface area contributed by atoms with Gasteiger partial charge in [0.1, 0.15) is 18.5 Å². The van der Waals surface area contributed by atoms with Crippen molar-refractivity contribution in [1.82, 2.24) is 10.3 Å². The van der Waals surface area contributed by atoms with Gasteiger partial charge in [-0.1, -0.05) is 64.5 Å². The van der Waals surface area contributed by atoms with Gasteiger partial charge in [0.05, 0.1) is 0 Å². The smallest absolute Gasteiger partial charge is 0.407 e. The SMILES string of the molecule is O=C(O)CCC(NC(=O)OCC1c2ccccc2-c2ccccc21)C(=O)Nc1cc(Br)ccn1. The van der Waals surface area contributed by atoms with Gasteiger partial charge in [-0.3, -0.25) is 9.59 Å². The summed E-state index contributed by atoms with van der Waals surface area (Å²) in [5.41, 5.74) is 4.34. The molecule has 0 saturated heterocycles. The monoisotopic (exact) mass is 523 g/mol. The zero-order valence-electron chi connectivity index (χ0n) is 18.0. The number of benzene rings is 2. The first kappa shape index (κ1) is 23.4. The minimum atomic E-state index is -1.10. The summed E-state index contributed by atoms with van der Waals surface area (Å²) in [4.78, 5) is 40.4. The number of rotatable bonds is 8. The number of aliphatic carboxylic acids is 1. The van der Waals surface area contributed by atoms with E-state index in [1.807, 2.05) is 48.5 Å². The summed E-state index contributed by atoms with van der Waals surface area (Å²) in [6.07, 6.45) is 0.312. The summed E-state index contributed by atoms with van der Waals surface area (Å²) in [5.74, 6) is -1.52. The molecular formula is C25H22BrN3O5. The topological polar surface area (TPSA) is 118 Å². The van der Waals surface area contributed by atoms with E-state index in [2.05, 4.69) is 31.5 Å². The van der Waals surface area contributed by atoms with Crippen molar-refractivity contribution in [1.29, 1.82) is 0 Å². The van der Waals surface area contributed by atoms with Gasteiger partial charge in [0, 0.05) is 23.0 Å². The van der Waals surface area contributed by atoms with Gasteiger partial charge < -0.3 is 20.5 Å². The lowest BCUT2D eigenvalue weighted by atomic mass is 9.98. The van der Waals surface area contributed by atoms with Crippen molar-refractivity contribution >= 4 is 39.7 Å². The molecule has 34 heavy (non-hydrogen) atoms. The Kier molecular flexibility index (Phi) is 7.22. The second-order valence-electron chi connectivity index (χ2n) is 7.80. The highest BCUT2D eigenvalue weighted by Gasteiger charge is 2.30. The first-order valence-corrected chi connectivity index (χ1v) is 11.5. The number of carbonyl (C=O) groups is 3. The number of halogens is 1. The molecule has 1 heterocycles. The number of hydrogen-bond donors (Lipinski definition) is 3. The van der Waals surface area contributed by atoms with Gasteiger partial charge in [0.15, 0.2) is 0 Å². The highest BCUT2D eigenvalue weighted by atomic mass is 79.9. The first-order chi connectivity index (χ1) is 16.4. The number of amides is 2. The fourth-order valence-corrected chi connectivity index (χ4v) is 4.34. The molecule has 0 bridgehead atoms. The van der Waals surface area contributed by atoms with Gasteiger partial charge in [-0.25, -0.2) is 9.78 Å². The minimum Gasteiger partial charge on any atom is -0.481 e. The maximum atomic E-state index is 12.7. The highest BCUT2D eigenvalue weighted by molar-refractivity contribution is 9.10. The number of aromatic nitrogens is 1. The van der Waals surface area contributed by atoms with Gasteiger partial charge in [-0.15, -0.1) is 0 Å². The summed E-state index contributed by atoms with van der Waals surface area (Å²) in [6.45, 7) is 0.0836. The standard InChI is InChI=1S/C25H22BrN3O5/c26-15-11-12-27-22(13-15)29-24(32)21(9-10-23(30)31)28-25(33)34-14-20-18-7-3-1-5-16(18)17-6-2-4-8-19(17)20/h1-8,11-13,20-21H,9-10,14H2,(H,28,33)(H,30,31)(H,27,29,32). The van der Waals surface area contributed by atoms with E-state index < -0.39 is 24.0 Å². The van der Waals surface area contributed by atoms with Crippen molar-refractivity contribution in [2.24, 2.45) is 0 Å². The summed E-state index contributed by atoms with van der Waals surface area (Å²) in [7, 11) is 0. The Morgan fingerprint density at radius 3 is 2.29 bits per heavy atom. The van der Waals surface area contributed by atoms with E-state index >= 15 is 0 Å². The Morgan fingerprint density at radius 2 is 1.68 bits per heavy atom. The molecule has 174 valence electrons. The van der Waals surface area contributed by atoms with E-state index in [4.69, 9.17) is 9.84 Å². The summed E-state index contributed by atoms with van der Waals surface area (Å²) in [6, 6.07) is 18.1. The van der Waals surface area contributed by atoms with Crippen molar-refractivity contribution < 1.29 is 24.2 Å². The largest absolute Gasteiger partial charge is 0.481 e. The number of ether oxygens (including phenoxy) is 1. The van der Waals surface area contributed by atoms with Crippen LogP contribution < -0.4 is 10.6 Å². The summed E-state index contributed by atoms with van der Waals surface area (Å²) < 4.78 is 6.21. The van der Waals surface area contributed by atoms with Crippen LogP contribution >= 0.6 is 15.9 Å². The lowest BCUT2D eigenvalue weighted by Gasteiger charge is -2.19. The molecule has 0 fully saturated rings. The molecule has 0 radical (unpaired) electrons. The molecule has 3 aromatic rings. The van der Waals surface area contributed by atoms with Crippen molar-refractivity contribution in [3.8, 4) is 11.1 Å². The van der Waals surface area contributed by atoms with Crippen LogP contribution in [-0.4, -0.2) is 40.7 Å². The number of hydrogen-bond acceptors (Lipinski definition) is 5. The average Bonchev–Trinajstić information content (AvgIpc) is 3.14. The number of carboxylic acid groups (broad SMARTS) is 1. The second-order valence-corrected chi connectivity index (χ2v) is 8.72. The van der Waals surface area contributed by atoms with Crippen LogP contribution in [0.2, 0.25) is 0 Å². The fourth-order valence-electron chi connectivity index (χ4n) is 4.01. The molecule has 3 N–H and O–H groups in total. The molecule has 1 aliphatic carbocycles. The molecular weight excluding hydrogens is 502 g/mol. The Bertz CT molecular complexity index is 1190. The zero-order chi connectivity index (χ0) is 24.1. The number of fused-ring (bicyclic) bond motifs is 3. The highest BCUT2D eigenvalue weighted by Crippen LogP contribution is 2.44. The molecule has 9 heteroatoms. The molecule has 2 amide bonds. The molecule has 2 aromatic carbocycles. The van der Waals surface area contributed by atoms with Crippen LogP contribution in [0.4, 0.5) is 10.6 Å². The first-order valence-electron chi connectivity index (χ1n) is 10.7. The third kappa shape index (κ3) is 5.43. The van der Waals surface area contributed by atoms with Gasteiger partial charge in [-0.05, 0) is 40.8 Å². The maximum absolute atomic E-state index is 12.7. The maximum Gasteiger partial charge on any atom is 0.407 e. The van der Waals surface area contributed by atoms with E-state index in [0.29, 0.717) is 4.47 Å². The molecule has 1 aromatic heterocycles. The minimum absolute atomic E-state index is 0.0836. The van der Waals surface area contributed by atoms with Crippen LogP contribution in [0.25, 0.3) is 11.1 Å². The van der Waals surface area contributed by atoms with Crippen molar-refractivity contribution in [3.05, 3.63) is 82.5 Å². The number of nitrogens with one attached hydrogen (secondary N) is 2. The van der Waals surface area contributed by atoms with E-state index in [9.17, 15) is 14.4 Å². The predicted octanol–water partition coefficient (Wildman–Crippen LogP) is 4.55. The van der Waals surface area contributed by atoms with E-state index in [-0.39, 0.29) is 31.2 Å². The molecule has 1 aliphatic rings. The number of pyridine rings is 1. The second kappa shape index (κ2) is 10.5.